The smallest absolute Gasteiger partial charge is 0.198 e. The van der Waals surface area contributed by atoms with E-state index >= 15 is 0 Å². The summed E-state index contributed by atoms with van der Waals surface area (Å²) in [5, 5.41) is 0. The van der Waals surface area contributed by atoms with E-state index in [2.05, 4.69) is 9.97 Å². The Hall–Kier alpha value is -1.88. The molecule has 5 heteroatoms. The van der Waals surface area contributed by atoms with Gasteiger partial charge in [0.05, 0.1) is 25.2 Å². The van der Waals surface area contributed by atoms with Gasteiger partial charge in [-0.1, -0.05) is 0 Å². The van der Waals surface area contributed by atoms with Crippen molar-refractivity contribution in [3.05, 3.63) is 29.2 Å². The summed E-state index contributed by atoms with van der Waals surface area (Å²) >= 11 is 0. The SMILES string of the molecule is Cc1ccoc1-c1nc(N)c2c(n1)CCOC2. The zero-order valence-electron chi connectivity index (χ0n) is 9.56. The summed E-state index contributed by atoms with van der Waals surface area (Å²) in [6.07, 6.45) is 2.40. The minimum Gasteiger partial charge on any atom is -0.461 e. The predicted octanol–water partition coefficient (Wildman–Crippen LogP) is 1.70. The van der Waals surface area contributed by atoms with Crippen LogP contribution in [0.15, 0.2) is 16.7 Å². The highest BCUT2D eigenvalue weighted by molar-refractivity contribution is 5.57. The average molecular weight is 231 g/mol. The molecule has 0 amide bonds. The maximum atomic E-state index is 5.93. The first-order chi connectivity index (χ1) is 8.25. The lowest BCUT2D eigenvalue weighted by molar-refractivity contribution is 0.109. The normalized spacial score (nSPS) is 14.6. The highest BCUT2D eigenvalue weighted by Gasteiger charge is 2.19. The number of anilines is 1. The third-order valence-electron chi connectivity index (χ3n) is 2.92. The van der Waals surface area contributed by atoms with Crippen LogP contribution < -0.4 is 5.73 Å². The second-order valence-corrected chi connectivity index (χ2v) is 4.09. The van der Waals surface area contributed by atoms with Crippen LogP contribution in [0.25, 0.3) is 11.6 Å². The fourth-order valence-electron chi connectivity index (χ4n) is 1.96. The number of hydrogen-bond donors (Lipinski definition) is 1. The second-order valence-electron chi connectivity index (χ2n) is 4.09. The van der Waals surface area contributed by atoms with E-state index in [4.69, 9.17) is 14.9 Å². The number of furan rings is 1. The summed E-state index contributed by atoms with van der Waals surface area (Å²) in [7, 11) is 0. The van der Waals surface area contributed by atoms with E-state index in [9.17, 15) is 0 Å². The van der Waals surface area contributed by atoms with Crippen LogP contribution in [-0.4, -0.2) is 16.6 Å². The van der Waals surface area contributed by atoms with Crippen LogP contribution in [0, 0.1) is 6.92 Å². The molecule has 0 unspecified atom stereocenters. The van der Waals surface area contributed by atoms with E-state index in [0.717, 1.165) is 23.2 Å². The lowest BCUT2D eigenvalue weighted by Crippen LogP contribution is -2.16. The molecule has 0 atom stereocenters. The van der Waals surface area contributed by atoms with Crippen molar-refractivity contribution >= 4 is 5.82 Å². The summed E-state index contributed by atoms with van der Waals surface area (Å²) < 4.78 is 10.7. The molecule has 0 saturated heterocycles. The second kappa shape index (κ2) is 3.85. The van der Waals surface area contributed by atoms with Crippen molar-refractivity contribution in [1.29, 1.82) is 0 Å². The van der Waals surface area contributed by atoms with Gasteiger partial charge in [0.15, 0.2) is 11.6 Å². The monoisotopic (exact) mass is 231 g/mol. The quantitative estimate of drug-likeness (QED) is 0.808. The fourth-order valence-corrected chi connectivity index (χ4v) is 1.96. The molecule has 0 aliphatic carbocycles. The first kappa shape index (κ1) is 10.3. The van der Waals surface area contributed by atoms with Crippen LogP contribution in [-0.2, 0) is 17.8 Å². The molecule has 2 N–H and O–H groups in total. The molecule has 2 aromatic heterocycles. The number of nitrogens with two attached hydrogens (primary N) is 1. The summed E-state index contributed by atoms with van der Waals surface area (Å²) in [4.78, 5) is 8.80. The molecule has 88 valence electrons. The van der Waals surface area contributed by atoms with Crippen molar-refractivity contribution in [3.63, 3.8) is 0 Å². The zero-order valence-corrected chi connectivity index (χ0v) is 9.56. The molecule has 3 heterocycles. The lowest BCUT2D eigenvalue weighted by Gasteiger charge is -2.17. The van der Waals surface area contributed by atoms with Crippen molar-refractivity contribution in [2.24, 2.45) is 0 Å². The van der Waals surface area contributed by atoms with Gasteiger partial charge in [0.1, 0.15) is 5.82 Å². The van der Waals surface area contributed by atoms with Crippen LogP contribution >= 0.6 is 0 Å². The van der Waals surface area contributed by atoms with Gasteiger partial charge < -0.3 is 14.9 Å². The first-order valence-electron chi connectivity index (χ1n) is 5.53. The minimum atomic E-state index is 0.487. The molecule has 0 fully saturated rings. The summed E-state index contributed by atoms with van der Waals surface area (Å²) in [6, 6.07) is 1.89. The Labute approximate surface area is 98.6 Å². The summed E-state index contributed by atoms with van der Waals surface area (Å²) in [5.74, 6) is 1.73. The van der Waals surface area contributed by atoms with E-state index in [1.807, 2.05) is 13.0 Å². The van der Waals surface area contributed by atoms with Crippen LogP contribution in [0.5, 0.6) is 0 Å². The van der Waals surface area contributed by atoms with Crippen molar-refractivity contribution in [2.45, 2.75) is 20.0 Å². The van der Waals surface area contributed by atoms with Gasteiger partial charge in [-0.15, -0.1) is 0 Å². The van der Waals surface area contributed by atoms with E-state index < -0.39 is 0 Å². The van der Waals surface area contributed by atoms with Gasteiger partial charge in [-0.05, 0) is 18.6 Å². The average Bonchev–Trinajstić information content (AvgIpc) is 2.75. The summed E-state index contributed by atoms with van der Waals surface area (Å²) in [5.41, 5.74) is 8.81. The number of fused-ring (bicyclic) bond motifs is 1. The molecule has 3 rings (SSSR count). The van der Waals surface area contributed by atoms with Gasteiger partial charge in [0, 0.05) is 12.0 Å². The van der Waals surface area contributed by atoms with Gasteiger partial charge in [-0.2, -0.15) is 0 Å². The van der Waals surface area contributed by atoms with Crippen molar-refractivity contribution < 1.29 is 9.15 Å². The van der Waals surface area contributed by atoms with Crippen molar-refractivity contribution in [2.75, 3.05) is 12.3 Å². The molecular weight excluding hydrogens is 218 g/mol. The standard InChI is InChI=1S/C12H13N3O2/c1-7-2-5-17-10(7)12-14-9-3-4-16-6-8(9)11(13)15-12/h2,5H,3-4,6H2,1H3,(H2,13,14,15). The van der Waals surface area contributed by atoms with Crippen molar-refractivity contribution in [3.8, 4) is 11.6 Å². The number of rotatable bonds is 1. The van der Waals surface area contributed by atoms with Gasteiger partial charge >= 0.3 is 0 Å². The fraction of sp³-hybridized carbons (Fsp3) is 0.333. The number of aromatic nitrogens is 2. The molecule has 0 bridgehead atoms. The Morgan fingerprint density at radius 3 is 3.00 bits per heavy atom. The van der Waals surface area contributed by atoms with Gasteiger partial charge in [-0.25, -0.2) is 9.97 Å². The molecule has 5 nitrogen and oxygen atoms in total. The predicted molar refractivity (Wildman–Crippen MR) is 62.2 cm³/mol. The van der Waals surface area contributed by atoms with Crippen molar-refractivity contribution in [1.82, 2.24) is 9.97 Å². The molecular formula is C12H13N3O2. The molecule has 0 spiro atoms. The Morgan fingerprint density at radius 2 is 2.24 bits per heavy atom. The third-order valence-corrected chi connectivity index (χ3v) is 2.92. The number of nitrogen functional groups attached to an aromatic ring is 1. The number of hydrogen-bond acceptors (Lipinski definition) is 5. The molecule has 1 aliphatic rings. The first-order valence-corrected chi connectivity index (χ1v) is 5.53. The molecule has 17 heavy (non-hydrogen) atoms. The zero-order chi connectivity index (χ0) is 11.8. The number of nitrogens with zero attached hydrogens (tertiary/aromatic N) is 2. The van der Waals surface area contributed by atoms with Crippen LogP contribution in [0.3, 0.4) is 0 Å². The minimum absolute atomic E-state index is 0.487. The maximum absolute atomic E-state index is 5.93. The van der Waals surface area contributed by atoms with E-state index in [1.54, 1.807) is 6.26 Å². The Morgan fingerprint density at radius 1 is 1.35 bits per heavy atom. The maximum Gasteiger partial charge on any atom is 0.198 e. The highest BCUT2D eigenvalue weighted by Crippen LogP contribution is 2.26. The molecule has 1 aliphatic heterocycles. The van der Waals surface area contributed by atoms with E-state index in [-0.39, 0.29) is 0 Å². The Balaban J connectivity index is 2.14. The van der Waals surface area contributed by atoms with Gasteiger partial charge in [0.2, 0.25) is 0 Å². The number of aryl methyl sites for hydroxylation is 1. The third kappa shape index (κ3) is 1.68. The van der Waals surface area contributed by atoms with E-state index in [1.165, 1.54) is 0 Å². The lowest BCUT2D eigenvalue weighted by atomic mass is 10.1. The van der Waals surface area contributed by atoms with Crippen LogP contribution in [0.4, 0.5) is 5.82 Å². The van der Waals surface area contributed by atoms with E-state index in [0.29, 0.717) is 30.6 Å². The molecule has 0 radical (unpaired) electrons. The van der Waals surface area contributed by atoms with Gasteiger partial charge in [-0.3, -0.25) is 0 Å². The Bertz CT molecular complexity index is 563. The number of ether oxygens (including phenoxy) is 1. The topological polar surface area (TPSA) is 74.2 Å². The van der Waals surface area contributed by atoms with Crippen LogP contribution in [0.1, 0.15) is 16.8 Å². The highest BCUT2D eigenvalue weighted by atomic mass is 16.5. The Kier molecular flexibility index (Phi) is 2.33. The van der Waals surface area contributed by atoms with Gasteiger partial charge in [0.25, 0.3) is 0 Å². The largest absolute Gasteiger partial charge is 0.461 e. The molecule has 0 aromatic carbocycles. The summed E-state index contributed by atoms with van der Waals surface area (Å²) in [6.45, 7) is 3.14. The van der Waals surface area contributed by atoms with Crippen LogP contribution in [0.2, 0.25) is 0 Å². The molecule has 2 aromatic rings. The molecule has 0 saturated carbocycles.